The van der Waals surface area contributed by atoms with Gasteiger partial charge in [0.2, 0.25) is 17.7 Å². The second-order valence-electron chi connectivity index (χ2n) is 4.34. The van der Waals surface area contributed by atoms with Crippen molar-refractivity contribution < 1.29 is 19.5 Å². The highest BCUT2D eigenvalue weighted by Gasteiger charge is 2.37. The van der Waals surface area contributed by atoms with E-state index in [2.05, 4.69) is 5.32 Å². The first-order valence-electron chi connectivity index (χ1n) is 6.34. The number of rotatable bonds is 8. The molecular formula is C12H20N2O4S. The molecule has 108 valence electrons. The van der Waals surface area contributed by atoms with E-state index in [9.17, 15) is 14.4 Å². The Morgan fingerprint density at radius 2 is 2.21 bits per heavy atom. The highest BCUT2D eigenvalue weighted by atomic mass is 32.2. The second-order valence-corrected chi connectivity index (χ2v) is 5.38. The lowest BCUT2D eigenvalue weighted by Gasteiger charge is -2.14. The van der Waals surface area contributed by atoms with Gasteiger partial charge in [0.05, 0.1) is 5.25 Å². The highest BCUT2D eigenvalue weighted by molar-refractivity contribution is 8.00. The summed E-state index contributed by atoms with van der Waals surface area (Å²) < 4.78 is 0. The maximum atomic E-state index is 11.8. The van der Waals surface area contributed by atoms with Crippen LogP contribution in [0.15, 0.2) is 0 Å². The molecule has 1 saturated heterocycles. The van der Waals surface area contributed by atoms with Crippen LogP contribution >= 0.6 is 11.8 Å². The zero-order chi connectivity index (χ0) is 14.3. The van der Waals surface area contributed by atoms with Crippen molar-refractivity contribution in [2.45, 2.75) is 30.9 Å². The summed E-state index contributed by atoms with van der Waals surface area (Å²) in [6.45, 7) is 0.776. The maximum absolute atomic E-state index is 11.8. The minimum absolute atomic E-state index is 0.114. The predicted octanol–water partition coefficient (Wildman–Crippen LogP) is -0.244. The first kappa shape index (κ1) is 16.0. The average Bonchev–Trinajstić information content (AvgIpc) is 2.67. The molecule has 1 atom stereocenters. The normalized spacial score (nSPS) is 19.1. The van der Waals surface area contributed by atoms with Crippen molar-refractivity contribution >= 4 is 29.5 Å². The molecule has 7 heteroatoms. The summed E-state index contributed by atoms with van der Waals surface area (Å²) in [6.07, 6.45) is 3.54. The third-order valence-corrected chi connectivity index (χ3v) is 3.89. The molecule has 1 aliphatic rings. The smallest absolute Gasteiger partial charge is 0.242 e. The van der Waals surface area contributed by atoms with Crippen molar-refractivity contribution in [1.29, 1.82) is 0 Å². The molecule has 0 aromatic rings. The SMILES string of the molecule is CSC1CC(=O)N(CCC(=O)NCCCCO)C1=O. The number of hydrogen-bond donors (Lipinski definition) is 2. The molecule has 1 rings (SSSR count). The Hall–Kier alpha value is -1.08. The molecule has 0 bridgehead atoms. The van der Waals surface area contributed by atoms with Crippen molar-refractivity contribution in [3.63, 3.8) is 0 Å². The van der Waals surface area contributed by atoms with E-state index in [1.165, 1.54) is 16.7 Å². The molecule has 0 aromatic heterocycles. The van der Waals surface area contributed by atoms with Crippen LogP contribution in [-0.2, 0) is 14.4 Å². The number of nitrogens with zero attached hydrogens (tertiary/aromatic N) is 1. The topological polar surface area (TPSA) is 86.7 Å². The number of unbranched alkanes of at least 4 members (excludes halogenated alkanes) is 1. The summed E-state index contributed by atoms with van der Waals surface area (Å²) >= 11 is 1.37. The molecule has 0 aliphatic carbocycles. The van der Waals surface area contributed by atoms with E-state index < -0.39 is 0 Å². The number of nitrogens with one attached hydrogen (secondary N) is 1. The van der Waals surface area contributed by atoms with Gasteiger partial charge >= 0.3 is 0 Å². The lowest BCUT2D eigenvalue weighted by atomic mass is 10.3. The summed E-state index contributed by atoms with van der Waals surface area (Å²) in [7, 11) is 0. The number of carbonyl (C=O) groups excluding carboxylic acids is 3. The molecular weight excluding hydrogens is 268 g/mol. The zero-order valence-corrected chi connectivity index (χ0v) is 11.9. The first-order valence-corrected chi connectivity index (χ1v) is 7.63. The largest absolute Gasteiger partial charge is 0.396 e. The number of aliphatic hydroxyl groups is 1. The van der Waals surface area contributed by atoms with E-state index in [0.717, 1.165) is 6.42 Å². The zero-order valence-electron chi connectivity index (χ0n) is 11.1. The fraction of sp³-hybridized carbons (Fsp3) is 0.750. The Balaban J connectivity index is 2.26. The van der Waals surface area contributed by atoms with E-state index in [4.69, 9.17) is 5.11 Å². The first-order chi connectivity index (χ1) is 9.10. The summed E-state index contributed by atoms with van der Waals surface area (Å²) in [5.41, 5.74) is 0. The number of thioether (sulfide) groups is 1. The fourth-order valence-electron chi connectivity index (χ4n) is 1.84. The maximum Gasteiger partial charge on any atom is 0.242 e. The molecule has 0 radical (unpaired) electrons. The van der Waals surface area contributed by atoms with E-state index in [1.807, 2.05) is 0 Å². The van der Waals surface area contributed by atoms with E-state index >= 15 is 0 Å². The molecule has 1 aliphatic heterocycles. The molecule has 19 heavy (non-hydrogen) atoms. The molecule has 0 aromatic carbocycles. The standard InChI is InChI=1S/C12H20N2O4S/c1-19-9-8-11(17)14(12(9)18)6-4-10(16)13-5-2-3-7-15/h9,15H,2-8H2,1H3,(H,13,16). The van der Waals surface area contributed by atoms with Gasteiger partial charge in [0.15, 0.2) is 0 Å². The van der Waals surface area contributed by atoms with E-state index in [-0.39, 0.29) is 49.0 Å². The van der Waals surface area contributed by atoms with Gasteiger partial charge in [-0.3, -0.25) is 19.3 Å². The van der Waals surface area contributed by atoms with Crippen molar-refractivity contribution in [3.8, 4) is 0 Å². The summed E-state index contributed by atoms with van der Waals surface area (Å²) in [6, 6.07) is 0. The molecule has 1 heterocycles. The highest BCUT2D eigenvalue weighted by Crippen LogP contribution is 2.22. The number of aliphatic hydroxyl groups excluding tert-OH is 1. The fourth-order valence-corrected chi connectivity index (χ4v) is 2.48. The van der Waals surface area contributed by atoms with Crippen LogP contribution in [0, 0.1) is 0 Å². The third-order valence-electron chi connectivity index (χ3n) is 2.96. The van der Waals surface area contributed by atoms with Crippen LogP contribution in [0.2, 0.25) is 0 Å². The van der Waals surface area contributed by atoms with Gasteiger partial charge < -0.3 is 10.4 Å². The Kier molecular flexibility index (Phi) is 6.86. The molecule has 0 spiro atoms. The Morgan fingerprint density at radius 1 is 1.47 bits per heavy atom. The lowest BCUT2D eigenvalue weighted by molar-refractivity contribution is -0.138. The molecule has 3 amide bonds. The van der Waals surface area contributed by atoms with E-state index in [1.54, 1.807) is 6.26 Å². The van der Waals surface area contributed by atoms with Gasteiger partial charge in [0.1, 0.15) is 0 Å². The number of likely N-dealkylation sites (tertiary alicyclic amines) is 1. The number of imide groups is 1. The molecule has 1 unspecified atom stereocenters. The predicted molar refractivity (Wildman–Crippen MR) is 72.6 cm³/mol. The quantitative estimate of drug-likeness (QED) is 0.475. The van der Waals surface area contributed by atoms with Crippen LogP contribution in [-0.4, -0.2) is 58.9 Å². The van der Waals surface area contributed by atoms with Gasteiger partial charge in [-0.1, -0.05) is 0 Å². The van der Waals surface area contributed by atoms with Crippen LogP contribution in [0.4, 0.5) is 0 Å². The lowest BCUT2D eigenvalue weighted by Crippen LogP contribution is -2.35. The van der Waals surface area contributed by atoms with Crippen LogP contribution in [0.3, 0.4) is 0 Å². The van der Waals surface area contributed by atoms with Gasteiger partial charge in [0, 0.05) is 32.5 Å². The summed E-state index contributed by atoms with van der Waals surface area (Å²) in [4.78, 5) is 36.1. The Morgan fingerprint density at radius 3 is 2.79 bits per heavy atom. The number of amides is 3. The van der Waals surface area contributed by atoms with Gasteiger partial charge in [-0.2, -0.15) is 11.8 Å². The Bertz CT molecular complexity index is 349. The number of carbonyl (C=O) groups is 3. The average molecular weight is 288 g/mol. The van der Waals surface area contributed by atoms with Crippen LogP contribution in [0.1, 0.15) is 25.7 Å². The summed E-state index contributed by atoms with van der Waals surface area (Å²) in [5, 5.41) is 11.0. The van der Waals surface area contributed by atoms with E-state index in [0.29, 0.717) is 13.0 Å². The van der Waals surface area contributed by atoms with Crippen molar-refractivity contribution in [3.05, 3.63) is 0 Å². The molecule has 1 fully saturated rings. The monoisotopic (exact) mass is 288 g/mol. The number of hydrogen-bond acceptors (Lipinski definition) is 5. The molecule has 6 nitrogen and oxygen atoms in total. The second kappa shape index (κ2) is 8.16. The van der Waals surface area contributed by atoms with Gasteiger partial charge in [0.25, 0.3) is 0 Å². The van der Waals surface area contributed by atoms with Crippen molar-refractivity contribution in [1.82, 2.24) is 10.2 Å². The Labute approximate surface area is 116 Å². The van der Waals surface area contributed by atoms with Gasteiger partial charge in [-0.15, -0.1) is 0 Å². The van der Waals surface area contributed by atoms with Crippen molar-refractivity contribution in [2.75, 3.05) is 26.0 Å². The van der Waals surface area contributed by atoms with Crippen LogP contribution in [0.25, 0.3) is 0 Å². The minimum Gasteiger partial charge on any atom is -0.396 e. The van der Waals surface area contributed by atoms with Gasteiger partial charge in [-0.05, 0) is 19.1 Å². The minimum atomic E-state index is -0.292. The van der Waals surface area contributed by atoms with Gasteiger partial charge in [-0.25, -0.2) is 0 Å². The molecule has 0 saturated carbocycles. The van der Waals surface area contributed by atoms with Crippen molar-refractivity contribution in [2.24, 2.45) is 0 Å². The molecule has 2 N–H and O–H groups in total. The van der Waals surface area contributed by atoms with Crippen LogP contribution < -0.4 is 5.32 Å². The van der Waals surface area contributed by atoms with Crippen LogP contribution in [0.5, 0.6) is 0 Å². The summed E-state index contributed by atoms with van der Waals surface area (Å²) in [5.74, 6) is -0.561. The third kappa shape index (κ3) is 4.83.